The SMILES string of the molecule is C[P+](C)(OCc1ccccc1)OCc1ccccc1. The standard InChI is InChI=1S/C16H20O2P/c1-19(2,17-13-15-9-5-3-6-10-15)18-14-16-11-7-4-8-12-16/h3-12H,13-14H2,1-2H3/q+1. The summed E-state index contributed by atoms with van der Waals surface area (Å²) in [6.45, 7) is 5.32. The van der Waals surface area contributed by atoms with Crippen LogP contribution in [0.5, 0.6) is 0 Å². The number of hydrogen-bond donors (Lipinski definition) is 0. The Labute approximate surface area is 115 Å². The molecule has 0 N–H and O–H groups in total. The first-order valence-electron chi connectivity index (χ1n) is 6.37. The lowest BCUT2D eigenvalue weighted by molar-refractivity contribution is 0.224. The van der Waals surface area contributed by atoms with Gasteiger partial charge < -0.3 is 0 Å². The zero-order valence-electron chi connectivity index (χ0n) is 11.5. The van der Waals surface area contributed by atoms with E-state index in [4.69, 9.17) is 9.05 Å². The summed E-state index contributed by atoms with van der Waals surface area (Å²) in [5.41, 5.74) is 2.36. The Balaban J connectivity index is 1.82. The molecule has 0 spiro atoms. The first-order valence-corrected chi connectivity index (χ1v) is 8.88. The van der Waals surface area contributed by atoms with Crippen LogP contribution in [0.3, 0.4) is 0 Å². The van der Waals surface area contributed by atoms with Gasteiger partial charge in [-0.1, -0.05) is 60.7 Å². The minimum Gasteiger partial charge on any atom is -0.203 e. The second kappa shape index (κ2) is 6.81. The number of benzene rings is 2. The topological polar surface area (TPSA) is 18.5 Å². The van der Waals surface area contributed by atoms with E-state index in [1.807, 2.05) is 36.4 Å². The highest BCUT2D eigenvalue weighted by Crippen LogP contribution is 2.54. The van der Waals surface area contributed by atoms with Crippen LogP contribution < -0.4 is 0 Å². The van der Waals surface area contributed by atoms with Crippen molar-refractivity contribution in [1.29, 1.82) is 0 Å². The summed E-state index contributed by atoms with van der Waals surface area (Å²) in [4.78, 5) is 0. The zero-order valence-corrected chi connectivity index (χ0v) is 12.3. The molecule has 0 aliphatic carbocycles. The number of hydrogen-bond acceptors (Lipinski definition) is 2. The minimum atomic E-state index is -1.77. The molecule has 0 saturated heterocycles. The molecule has 0 aliphatic rings. The largest absolute Gasteiger partial charge is 0.270 e. The Kier molecular flexibility index (Phi) is 5.09. The van der Waals surface area contributed by atoms with Crippen molar-refractivity contribution in [2.45, 2.75) is 13.2 Å². The molecule has 0 amide bonds. The molecular weight excluding hydrogens is 255 g/mol. The van der Waals surface area contributed by atoms with Gasteiger partial charge in [-0.05, 0) is 11.1 Å². The highest BCUT2D eigenvalue weighted by atomic mass is 31.2. The average molecular weight is 275 g/mol. The molecule has 2 nitrogen and oxygen atoms in total. The molecule has 0 aliphatic heterocycles. The molecule has 0 heterocycles. The summed E-state index contributed by atoms with van der Waals surface area (Å²) in [5, 5.41) is 0. The van der Waals surface area contributed by atoms with Crippen molar-refractivity contribution in [3.63, 3.8) is 0 Å². The molecule has 0 unspecified atom stereocenters. The maximum absolute atomic E-state index is 5.93. The first-order chi connectivity index (χ1) is 9.16. The van der Waals surface area contributed by atoms with Gasteiger partial charge in [0.05, 0.1) is 0 Å². The molecule has 100 valence electrons. The molecule has 0 bridgehead atoms. The smallest absolute Gasteiger partial charge is 0.203 e. The van der Waals surface area contributed by atoms with Crippen LogP contribution in [-0.2, 0) is 22.3 Å². The van der Waals surface area contributed by atoms with E-state index < -0.39 is 7.72 Å². The van der Waals surface area contributed by atoms with Gasteiger partial charge in [0.15, 0.2) is 0 Å². The minimum absolute atomic E-state index is 0.608. The van der Waals surface area contributed by atoms with E-state index >= 15 is 0 Å². The molecular formula is C16H20O2P+. The van der Waals surface area contributed by atoms with E-state index in [-0.39, 0.29) is 0 Å². The molecule has 0 aromatic heterocycles. The second-order valence-electron chi connectivity index (χ2n) is 4.77. The van der Waals surface area contributed by atoms with Crippen LogP contribution >= 0.6 is 7.72 Å². The van der Waals surface area contributed by atoms with Crippen LogP contribution in [0, 0.1) is 0 Å². The van der Waals surface area contributed by atoms with Gasteiger partial charge in [-0.3, -0.25) is 0 Å². The van der Waals surface area contributed by atoms with Crippen LogP contribution in [-0.4, -0.2) is 13.3 Å². The van der Waals surface area contributed by atoms with E-state index in [0.717, 1.165) is 0 Å². The van der Waals surface area contributed by atoms with Gasteiger partial charge in [0.25, 0.3) is 7.72 Å². The third-order valence-corrected chi connectivity index (χ3v) is 4.27. The highest BCUT2D eigenvalue weighted by Gasteiger charge is 2.29. The summed E-state index contributed by atoms with van der Waals surface area (Å²) in [7, 11) is -1.77. The lowest BCUT2D eigenvalue weighted by Gasteiger charge is -2.16. The molecule has 2 aromatic carbocycles. The summed E-state index contributed by atoms with van der Waals surface area (Å²) in [5.74, 6) is 0. The molecule has 0 atom stereocenters. The molecule has 0 saturated carbocycles. The van der Waals surface area contributed by atoms with Gasteiger partial charge in [0.1, 0.15) is 26.5 Å². The van der Waals surface area contributed by atoms with E-state index in [1.165, 1.54) is 11.1 Å². The van der Waals surface area contributed by atoms with E-state index in [9.17, 15) is 0 Å². The Hall–Kier alpha value is -1.21. The quantitative estimate of drug-likeness (QED) is 0.721. The predicted octanol–water partition coefficient (Wildman–Crippen LogP) is 4.53. The van der Waals surface area contributed by atoms with Gasteiger partial charge in [0, 0.05) is 0 Å². The van der Waals surface area contributed by atoms with Crippen molar-refractivity contribution >= 4 is 7.72 Å². The van der Waals surface area contributed by atoms with Gasteiger partial charge in [0.2, 0.25) is 0 Å². The Bertz CT molecular complexity index is 437. The van der Waals surface area contributed by atoms with E-state index in [2.05, 4.69) is 37.6 Å². The van der Waals surface area contributed by atoms with Crippen LogP contribution in [0.4, 0.5) is 0 Å². The maximum Gasteiger partial charge on any atom is 0.270 e. The van der Waals surface area contributed by atoms with Gasteiger partial charge in [-0.15, -0.1) is 0 Å². The van der Waals surface area contributed by atoms with Crippen LogP contribution in [0.15, 0.2) is 60.7 Å². The van der Waals surface area contributed by atoms with Crippen molar-refractivity contribution in [1.82, 2.24) is 0 Å². The molecule has 3 heteroatoms. The predicted molar refractivity (Wildman–Crippen MR) is 81.2 cm³/mol. The fourth-order valence-electron chi connectivity index (χ4n) is 1.65. The van der Waals surface area contributed by atoms with Crippen LogP contribution in [0.1, 0.15) is 11.1 Å². The summed E-state index contributed by atoms with van der Waals surface area (Å²) >= 11 is 0. The van der Waals surface area contributed by atoms with Crippen molar-refractivity contribution < 1.29 is 9.05 Å². The van der Waals surface area contributed by atoms with E-state index in [0.29, 0.717) is 13.2 Å². The summed E-state index contributed by atoms with van der Waals surface area (Å²) in [6, 6.07) is 20.4. The van der Waals surface area contributed by atoms with Crippen LogP contribution in [0.25, 0.3) is 0 Å². The highest BCUT2D eigenvalue weighted by molar-refractivity contribution is 7.64. The molecule has 19 heavy (non-hydrogen) atoms. The van der Waals surface area contributed by atoms with Gasteiger partial charge >= 0.3 is 0 Å². The fraction of sp³-hybridized carbons (Fsp3) is 0.250. The molecule has 0 radical (unpaired) electrons. The van der Waals surface area contributed by atoms with E-state index in [1.54, 1.807) is 0 Å². The summed E-state index contributed by atoms with van der Waals surface area (Å²) in [6.07, 6.45) is 0. The zero-order chi connectivity index (χ0) is 13.6. The lowest BCUT2D eigenvalue weighted by Crippen LogP contribution is -2.01. The lowest BCUT2D eigenvalue weighted by atomic mass is 10.2. The maximum atomic E-state index is 5.93. The van der Waals surface area contributed by atoms with Crippen molar-refractivity contribution in [2.24, 2.45) is 0 Å². The second-order valence-corrected chi connectivity index (χ2v) is 7.79. The van der Waals surface area contributed by atoms with Crippen molar-refractivity contribution in [3.8, 4) is 0 Å². The fourth-order valence-corrected chi connectivity index (χ4v) is 2.64. The van der Waals surface area contributed by atoms with Crippen LogP contribution in [0.2, 0.25) is 0 Å². The number of rotatable bonds is 6. The molecule has 0 fully saturated rings. The Morgan fingerprint density at radius 1 is 0.684 bits per heavy atom. The third-order valence-electron chi connectivity index (χ3n) is 2.77. The van der Waals surface area contributed by atoms with Gasteiger partial charge in [-0.25, -0.2) is 9.05 Å². The first kappa shape index (κ1) is 14.2. The monoisotopic (exact) mass is 275 g/mol. The molecule has 2 rings (SSSR count). The normalized spacial score (nSPS) is 11.5. The summed E-state index contributed by atoms with van der Waals surface area (Å²) < 4.78 is 11.9. The average Bonchev–Trinajstić information content (AvgIpc) is 2.46. The van der Waals surface area contributed by atoms with Crippen molar-refractivity contribution in [2.75, 3.05) is 13.3 Å². The van der Waals surface area contributed by atoms with Crippen molar-refractivity contribution in [3.05, 3.63) is 71.8 Å². The van der Waals surface area contributed by atoms with Gasteiger partial charge in [-0.2, -0.15) is 0 Å². The Morgan fingerprint density at radius 3 is 1.42 bits per heavy atom. The molecule has 2 aromatic rings. The Morgan fingerprint density at radius 2 is 1.05 bits per heavy atom. The third kappa shape index (κ3) is 5.12.